The fourth-order valence-electron chi connectivity index (χ4n) is 0.653. The third kappa shape index (κ3) is 1.94. The first-order chi connectivity index (χ1) is 5.24. The third-order valence-corrected chi connectivity index (χ3v) is 1.60. The second kappa shape index (κ2) is 3.38. The molecule has 0 bridgehead atoms. The highest BCUT2D eigenvalue weighted by molar-refractivity contribution is 7.97. The minimum atomic E-state index is -0.503. The van der Waals surface area contributed by atoms with Gasteiger partial charge in [0.2, 0.25) is 0 Å². The van der Waals surface area contributed by atoms with E-state index in [1.807, 2.05) is 6.26 Å². The molecule has 1 rings (SSSR count). The van der Waals surface area contributed by atoms with Crippen LogP contribution in [0.5, 0.6) is 0 Å². The van der Waals surface area contributed by atoms with Crippen LogP contribution in [-0.2, 0) is 5.88 Å². The van der Waals surface area contributed by atoms with Gasteiger partial charge in [0.15, 0.2) is 0 Å². The Labute approximate surface area is 67.5 Å². The van der Waals surface area contributed by atoms with Crippen LogP contribution in [0.3, 0.4) is 0 Å². The number of nitro groups is 1. The molecule has 0 aliphatic heterocycles. The zero-order chi connectivity index (χ0) is 8.27. The SMILES string of the molecule is CSCn1ccc([N+](=O)[O-])n1. The first-order valence-electron chi connectivity index (χ1n) is 2.91. The predicted molar refractivity (Wildman–Crippen MR) is 42.4 cm³/mol. The fourth-order valence-corrected chi connectivity index (χ4v) is 1.06. The van der Waals surface area contributed by atoms with Gasteiger partial charge in [0.25, 0.3) is 0 Å². The van der Waals surface area contributed by atoms with Gasteiger partial charge in [-0.2, -0.15) is 4.68 Å². The van der Waals surface area contributed by atoms with Crippen molar-refractivity contribution < 1.29 is 4.92 Å². The Morgan fingerprint density at radius 3 is 3.09 bits per heavy atom. The Bertz CT molecular complexity index is 260. The molecule has 0 atom stereocenters. The van der Waals surface area contributed by atoms with Gasteiger partial charge in [-0.1, -0.05) is 0 Å². The molecule has 0 amide bonds. The number of hydrogen-bond donors (Lipinski definition) is 0. The van der Waals surface area contributed by atoms with E-state index in [0.717, 1.165) is 0 Å². The van der Waals surface area contributed by atoms with Gasteiger partial charge in [0.1, 0.15) is 5.88 Å². The average Bonchev–Trinajstić information content (AvgIpc) is 2.37. The van der Waals surface area contributed by atoms with Gasteiger partial charge < -0.3 is 10.1 Å². The van der Waals surface area contributed by atoms with Crippen LogP contribution >= 0.6 is 11.8 Å². The van der Waals surface area contributed by atoms with Gasteiger partial charge in [-0.15, -0.1) is 11.8 Å². The van der Waals surface area contributed by atoms with Crippen LogP contribution in [0.15, 0.2) is 12.3 Å². The molecule has 60 valence electrons. The molecule has 0 saturated heterocycles. The van der Waals surface area contributed by atoms with E-state index < -0.39 is 4.92 Å². The Hall–Kier alpha value is -1.04. The highest BCUT2D eigenvalue weighted by atomic mass is 32.2. The standard InChI is InChI=1S/C5H7N3O2S/c1-11-4-7-3-2-5(6-7)8(9)10/h2-3H,4H2,1H3. The summed E-state index contributed by atoms with van der Waals surface area (Å²) in [4.78, 5) is 9.64. The normalized spacial score (nSPS) is 9.91. The lowest BCUT2D eigenvalue weighted by molar-refractivity contribution is -0.389. The molecule has 1 aromatic heterocycles. The highest BCUT2D eigenvalue weighted by Crippen LogP contribution is 2.07. The summed E-state index contributed by atoms with van der Waals surface area (Å²) in [5.74, 6) is 0.549. The van der Waals surface area contributed by atoms with Crippen molar-refractivity contribution in [1.82, 2.24) is 9.78 Å². The molecule has 0 fully saturated rings. The molecule has 0 spiro atoms. The van der Waals surface area contributed by atoms with E-state index >= 15 is 0 Å². The second-order valence-corrected chi connectivity index (χ2v) is 2.72. The van der Waals surface area contributed by atoms with Crippen molar-refractivity contribution in [3.8, 4) is 0 Å². The van der Waals surface area contributed by atoms with E-state index in [1.54, 1.807) is 18.0 Å². The van der Waals surface area contributed by atoms with Crippen molar-refractivity contribution in [2.45, 2.75) is 5.88 Å². The minimum absolute atomic E-state index is 0.0981. The number of thioether (sulfide) groups is 1. The largest absolute Gasteiger partial charge is 0.389 e. The second-order valence-electron chi connectivity index (χ2n) is 1.89. The topological polar surface area (TPSA) is 61.0 Å². The van der Waals surface area contributed by atoms with Crippen LogP contribution in [0, 0.1) is 10.1 Å². The zero-order valence-electron chi connectivity index (χ0n) is 5.93. The quantitative estimate of drug-likeness (QED) is 0.507. The summed E-state index contributed by atoms with van der Waals surface area (Å²) in [7, 11) is 0. The van der Waals surface area contributed by atoms with Crippen LogP contribution in [0.25, 0.3) is 0 Å². The van der Waals surface area contributed by atoms with Gasteiger partial charge in [-0.3, -0.25) is 0 Å². The lowest BCUT2D eigenvalue weighted by atomic mass is 10.7. The molecule has 11 heavy (non-hydrogen) atoms. The van der Waals surface area contributed by atoms with Crippen molar-refractivity contribution in [3.63, 3.8) is 0 Å². The van der Waals surface area contributed by atoms with Crippen LogP contribution in [0.2, 0.25) is 0 Å². The Balaban J connectivity index is 2.73. The Kier molecular flexibility index (Phi) is 2.48. The molecule has 5 nitrogen and oxygen atoms in total. The van der Waals surface area contributed by atoms with E-state index in [1.165, 1.54) is 10.7 Å². The summed E-state index contributed by atoms with van der Waals surface area (Å²) < 4.78 is 1.53. The van der Waals surface area contributed by atoms with Crippen LogP contribution in [0.1, 0.15) is 0 Å². The van der Waals surface area contributed by atoms with E-state index in [2.05, 4.69) is 5.10 Å². The van der Waals surface area contributed by atoms with Crippen molar-refractivity contribution in [2.24, 2.45) is 0 Å². The lowest BCUT2D eigenvalue weighted by Crippen LogP contribution is -1.96. The lowest BCUT2D eigenvalue weighted by Gasteiger charge is -1.88. The summed E-state index contributed by atoms with van der Waals surface area (Å²) >= 11 is 1.56. The maximum atomic E-state index is 10.1. The summed E-state index contributed by atoms with van der Waals surface area (Å²) in [5, 5.41) is 13.8. The average molecular weight is 173 g/mol. The smallest absolute Gasteiger partial charge is 0.358 e. The summed E-state index contributed by atoms with van der Waals surface area (Å²) in [5.41, 5.74) is 0. The fraction of sp³-hybridized carbons (Fsp3) is 0.400. The molecular weight excluding hydrogens is 166 g/mol. The van der Waals surface area contributed by atoms with Crippen LogP contribution in [-0.4, -0.2) is 21.0 Å². The molecule has 0 saturated carbocycles. The van der Waals surface area contributed by atoms with Crippen LogP contribution < -0.4 is 0 Å². The molecule has 0 radical (unpaired) electrons. The van der Waals surface area contributed by atoms with Gasteiger partial charge in [0.05, 0.1) is 17.4 Å². The van der Waals surface area contributed by atoms with Crippen molar-refractivity contribution in [3.05, 3.63) is 22.4 Å². The number of hydrogen-bond acceptors (Lipinski definition) is 4. The third-order valence-electron chi connectivity index (χ3n) is 1.08. The van der Waals surface area contributed by atoms with Gasteiger partial charge >= 0.3 is 5.82 Å². The predicted octanol–water partition coefficient (Wildman–Crippen LogP) is 1.11. The van der Waals surface area contributed by atoms with E-state index in [4.69, 9.17) is 0 Å². The minimum Gasteiger partial charge on any atom is -0.358 e. The molecular formula is C5H7N3O2S. The molecule has 0 aromatic carbocycles. The van der Waals surface area contributed by atoms with Crippen molar-refractivity contribution in [2.75, 3.05) is 6.26 Å². The summed E-state index contributed by atoms with van der Waals surface area (Å²) in [6.45, 7) is 0. The molecule has 1 heterocycles. The monoisotopic (exact) mass is 173 g/mol. The Morgan fingerprint density at radius 1 is 1.91 bits per heavy atom. The Morgan fingerprint density at radius 2 is 2.64 bits per heavy atom. The number of aromatic nitrogens is 2. The van der Waals surface area contributed by atoms with Gasteiger partial charge in [-0.05, 0) is 11.2 Å². The van der Waals surface area contributed by atoms with Crippen molar-refractivity contribution >= 4 is 17.6 Å². The molecule has 6 heteroatoms. The van der Waals surface area contributed by atoms with E-state index in [-0.39, 0.29) is 5.82 Å². The number of nitrogens with zero attached hydrogens (tertiary/aromatic N) is 3. The summed E-state index contributed by atoms with van der Waals surface area (Å²) in [6.07, 6.45) is 3.50. The van der Waals surface area contributed by atoms with E-state index in [9.17, 15) is 10.1 Å². The molecule has 0 N–H and O–H groups in total. The maximum Gasteiger partial charge on any atom is 0.389 e. The van der Waals surface area contributed by atoms with Gasteiger partial charge in [-0.25, -0.2) is 0 Å². The van der Waals surface area contributed by atoms with Gasteiger partial charge in [0, 0.05) is 0 Å². The van der Waals surface area contributed by atoms with Crippen molar-refractivity contribution in [1.29, 1.82) is 0 Å². The molecule has 0 aliphatic carbocycles. The first kappa shape index (κ1) is 8.06. The zero-order valence-corrected chi connectivity index (χ0v) is 6.74. The maximum absolute atomic E-state index is 10.1. The first-order valence-corrected chi connectivity index (χ1v) is 4.30. The van der Waals surface area contributed by atoms with Crippen LogP contribution in [0.4, 0.5) is 5.82 Å². The van der Waals surface area contributed by atoms with E-state index in [0.29, 0.717) is 5.88 Å². The number of rotatable bonds is 3. The molecule has 1 aromatic rings. The highest BCUT2D eigenvalue weighted by Gasteiger charge is 2.09. The summed E-state index contributed by atoms with van der Waals surface area (Å²) in [6, 6.07) is 1.39. The molecule has 0 aliphatic rings. The molecule has 0 unspecified atom stereocenters.